The van der Waals surface area contributed by atoms with Gasteiger partial charge in [-0.2, -0.15) is 0 Å². The van der Waals surface area contributed by atoms with E-state index in [1.807, 2.05) is 48.9 Å². The second-order valence-corrected chi connectivity index (χ2v) is 7.41. The minimum Gasteiger partial charge on any atom is -0.496 e. The Hall–Kier alpha value is -2.05. The number of fused-ring (bicyclic) bond motifs is 1. The molecule has 0 N–H and O–H groups in total. The number of carbonyl (C=O) groups excluding carboxylic acids is 1. The molecule has 2 aromatic heterocycles. The maximum atomic E-state index is 12.5. The van der Waals surface area contributed by atoms with E-state index in [4.69, 9.17) is 4.74 Å². The number of hydrogen-bond acceptors (Lipinski definition) is 5. The zero-order chi connectivity index (χ0) is 17.3. The first kappa shape index (κ1) is 16.8. The fourth-order valence-corrected chi connectivity index (χ4v) is 3.95. The molecule has 0 spiro atoms. The maximum Gasteiger partial charge on any atom is 0.194 e. The Labute approximate surface area is 149 Å². The number of ether oxygens (including phenoxy) is 1. The zero-order valence-electron chi connectivity index (χ0n) is 14.0. The topological polar surface area (TPSA) is 43.6 Å². The minimum absolute atomic E-state index is 0.0535. The van der Waals surface area contributed by atoms with Gasteiger partial charge < -0.3 is 4.74 Å². The number of carbonyl (C=O) groups is 1. The minimum atomic E-state index is -0.0535. The van der Waals surface area contributed by atoms with Gasteiger partial charge in [-0.05, 0) is 50.5 Å². The standard InChI is InChI=1S/C18H18N2O2S2/c1-11-10-20-14(12(2)19-18(20)24-11)6-7-15(21)13-5-8-17(23-4)16(9-13)22-3/h5-10H,1-4H3/b7-6+. The number of thioether (sulfide) groups is 1. The largest absolute Gasteiger partial charge is 0.496 e. The molecule has 3 rings (SSSR count). The molecule has 0 aliphatic carbocycles. The van der Waals surface area contributed by atoms with E-state index in [0.29, 0.717) is 5.56 Å². The zero-order valence-corrected chi connectivity index (χ0v) is 15.6. The van der Waals surface area contributed by atoms with E-state index in [1.54, 1.807) is 42.4 Å². The highest BCUT2D eigenvalue weighted by molar-refractivity contribution is 7.98. The van der Waals surface area contributed by atoms with Gasteiger partial charge >= 0.3 is 0 Å². The summed E-state index contributed by atoms with van der Waals surface area (Å²) in [5, 5.41) is 0. The number of imidazole rings is 1. The monoisotopic (exact) mass is 358 g/mol. The van der Waals surface area contributed by atoms with E-state index >= 15 is 0 Å². The molecule has 0 aliphatic rings. The van der Waals surface area contributed by atoms with Gasteiger partial charge in [-0.15, -0.1) is 23.1 Å². The summed E-state index contributed by atoms with van der Waals surface area (Å²) < 4.78 is 7.37. The summed E-state index contributed by atoms with van der Waals surface area (Å²) >= 11 is 3.23. The summed E-state index contributed by atoms with van der Waals surface area (Å²) in [4.78, 5) is 20.2. The third-order valence-corrected chi connectivity index (χ3v) is 5.40. The van der Waals surface area contributed by atoms with Gasteiger partial charge in [-0.3, -0.25) is 9.20 Å². The van der Waals surface area contributed by atoms with Crippen molar-refractivity contribution in [3.63, 3.8) is 0 Å². The van der Waals surface area contributed by atoms with E-state index in [2.05, 4.69) is 4.98 Å². The Bertz CT molecular complexity index is 938. The van der Waals surface area contributed by atoms with Crippen molar-refractivity contribution in [3.8, 4) is 5.75 Å². The molecule has 0 unspecified atom stereocenters. The molecule has 0 fully saturated rings. The lowest BCUT2D eigenvalue weighted by atomic mass is 10.1. The number of benzene rings is 1. The van der Waals surface area contributed by atoms with Crippen LogP contribution in [0.1, 0.15) is 26.6 Å². The van der Waals surface area contributed by atoms with Crippen LogP contribution in [0.3, 0.4) is 0 Å². The highest BCUT2D eigenvalue weighted by Gasteiger charge is 2.11. The first-order valence-corrected chi connectivity index (χ1v) is 9.47. The highest BCUT2D eigenvalue weighted by atomic mass is 32.2. The van der Waals surface area contributed by atoms with Crippen molar-refractivity contribution < 1.29 is 9.53 Å². The first-order chi connectivity index (χ1) is 11.5. The van der Waals surface area contributed by atoms with E-state index < -0.39 is 0 Å². The molecule has 0 saturated heterocycles. The number of hydrogen-bond donors (Lipinski definition) is 0. The van der Waals surface area contributed by atoms with E-state index in [9.17, 15) is 4.79 Å². The molecule has 0 amide bonds. The van der Waals surface area contributed by atoms with Gasteiger partial charge in [0.05, 0.1) is 18.5 Å². The number of allylic oxidation sites excluding steroid dienone is 1. The fourth-order valence-electron chi connectivity index (χ4n) is 2.52. The summed E-state index contributed by atoms with van der Waals surface area (Å²) in [7, 11) is 1.62. The van der Waals surface area contributed by atoms with Gasteiger partial charge in [0.25, 0.3) is 0 Å². The van der Waals surface area contributed by atoms with Crippen LogP contribution in [0, 0.1) is 13.8 Å². The van der Waals surface area contributed by atoms with Crippen molar-refractivity contribution in [2.45, 2.75) is 18.7 Å². The average Bonchev–Trinajstić information content (AvgIpc) is 3.06. The van der Waals surface area contributed by atoms with E-state index in [1.165, 1.54) is 4.88 Å². The molecule has 124 valence electrons. The van der Waals surface area contributed by atoms with E-state index in [0.717, 1.165) is 27.0 Å². The lowest BCUT2D eigenvalue weighted by Crippen LogP contribution is -1.97. The van der Waals surface area contributed by atoms with Gasteiger partial charge in [0, 0.05) is 21.5 Å². The molecule has 0 saturated carbocycles. The Morgan fingerprint density at radius 1 is 1.38 bits per heavy atom. The van der Waals surface area contributed by atoms with Crippen molar-refractivity contribution in [1.82, 2.24) is 9.38 Å². The fraction of sp³-hybridized carbons (Fsp3) is 0.222. The number of rotatable bonds is 5. The molecule has 6 heteroatoms. The van der Waals surface area contributed by atoms with Crippen molar-refractivity contribution in [1.29, 1.82) is 0 Å². The predicted molar refractivity (Wildman–Crippen MR) is 101 cm³/mol. The second kappa shape index (κ2) is 6.83. The molecular formula is C18H18N2O2S2. The summed E-state index contributed by atoms with van der Waals surface area (Å²) in [6.07, 6.45) is 7.45. The Kier molecular flexibility index (Phi) is 4.78. The van der Waals surface area contributed by atoms with Crippen molar-refractivity contribution >= 4 is 39.9 Å². The maximum absolute atomic E-state index is 12.5. The van der Waals surface area contributed by atoms with Crippen LogP contribution in [0.25, 0.3) is 11.0 Å². The number of thiazole rings is 1. The molecule has 0 radical (unpaired) electrons. The smallest absolute Gasteiger partial charge is 0.194 e. The number of methoxy groups -OCH3 is 1. The SMILES string of the molecule is COc1cc(C(=O)/C=C/c2c(C)nc3sc(C)cn23)ccc1SC. The molecule has 0 bridgehead atoms. The predicted octanol–water partition coefficient (Wildman–Crippen LogP) is 4.64. The summed E-state index contributed by atoms with van der Waals surface area (Å²) in [6.45, 7) is 4.00. The lowest BCUT2D eigenvalue weighted by Gasteiger charge is -2.07. The van der Waals surface area contributed by atoms with Crippen LogP contribution in [-0.4, -0.2) is 28.5 Å². The van der Waals surface area contributed by atoms with Gasteiger partial charge in [0.15, 0.2) is 10.7 Å². The molecular weight excluding hydrogens is 340 g/mol. The third kappa shape index (κ3) is 3.12. The van der Waals surface area contributed by atoms with Crippen LogP contribution in [0.2, 0.25) is 0 Å². The molecule has 2 heterocycles. The Balaban J connectivity index is 1.91. The van der Waals surface area contributed by atoms with E-state index in [-0.39, 0.29) is 5.78 Å². The quantitative estimate of drug-likeness (QED) is 0.379. The molecule has 3 aromatic rings. The van der Waals surface area contributed by atoms with Crippen LogP contribution in [0.15, 0.2) is 35.4 Å². The van der Waals surface area contributed by atoms with Gasteiger partial charge in [0.1, 0.15) is 5.75 Å². The Morgan fingerprint density at radius 2 is 2.17 bits per heavy atom. The van der Waals surface area contributed by atoms with Gasteiger partial charge in [0.2, 0.25) is 0 Å². The third-order valence-electron chi connectivity index (χ3n) is 3.72. The number of ketones is 1. The van der Waals surface area contributed by atoms with Crippen LogP contribution < -0.4 is 4.74 Å². The molecule has 0 aliphatic heterocycles. The summed E-state index contributed by atoms with van der Waals surface area (Å²) in [5.74, 6) is 0.667. The molecule has 1 aromatic carbocycles. The number of nitrogens with zero attached hydrogens (tertiary/aromatic N) is 2. The van der Waals surface area contributed by atoms with Crippen molar-refractivity contribution in [2.24, 2.45) is 0 Å². The van der Waals surface area contributed by atoms with Crippen molar-refractivity contribution in [2.75, 3.05) is 13.4 Å². The molecule has 24 heavy (non-hydrogen) atoms. The molecule has 4 nitrogen and oxygen atoms in total. The van der Waals surface area contributed by atoms with Crippen LogP contribution in [0.5, 0.6) is 5.75 Å². The van der Waals surface area contributed by atoms with Gasteiger partial charge in [-0.1, -0.05) is 0 Å². The second-order valence-electron chi connectivity index (χ2n) is 5.34. The number of aromatic nitrogens is 2. The lowest BCUT2D eigenvalue weighted by molar-refractivity contribution is 0.104. The summed E-state index contributed by atoms with van der Waals surface area (Å²) in [5.41, 5.74) is 2.47. The summed E-state index contributed by atoms with van der Waals surface area (Å²) in [6, 6.07) is 5.52. The van der Waals surface area contributed by atoms with Crippen molar-refractivity contribution in [3.05, 3.63) is 52.3 Å². The van der Waals surface area contributed by atoms with Gasteiger partial charge in [-0.25, -0.2) is 4.98 Å². The first-order valence-electron chi connectivity index (χ1n) is 7.43. The normalized spacial score (nSPS) is 11.5. The Morgan fingerprint density at radius 3 is 2.88 bits per heavy atom. The molecule has 0 atom stereocenters. The number of aryl methyl sites for hydroxylation is 2. The van der Waals surface area contributed by atoms with Crippen LogP contribution in [0.4, 0.5) is 0 Å². The highest BCUT2D eigenvalue weighted by Crippen LogP contribution is 2.28. The van der Waals surface area contributed by atoms with Crippen LogP contribution >= 0.6 is 23.1 Å². The average molecular weight is 358 g/mol. The van der Waals surface area contributed by atoms with Crippen LogP contribution in [-0.2, 0) is 0 Å².